The lowest BCUT2D eigenvalue weighted by molar-refractivity contribution is -0.116. The highest BCUT2D eigenvalue weighted by Crippen LogP contribution is 2.25. The van der Waals surface area contributed by atoms with Gasteiger partial charge in [-0.3, -0.25) is 14.2 Å². The number of fused-ring (bicyclic) bond motifs is 2. The maximum Gasteiger partial charge on any atom is 0.261 e. The summed E-state index contributed by atoms with van der Waals surface area (Å²) in [6.45, 7) is 0.178. The monoisotopic (exact) mass is 445 g/mol. The van der Waals surface area contributed by atoms with Crippen LogP contribution in [0.2, 0.25) is 0 Å². The Kier molecular flexibility index (Phi) is 5.14. The SMILES string of the molecule is O=C(CCn1cnc2ccccc2c1=O)Nc1ccc2nc(-c3cc(F)ccc3F)[nH]c2c1. The van der Waals surface area contributed by atoms with E-state index in [1.54, 1.807) is 42.5 Å². The Morgan fingerprint density at radius 3 is 2.76 bits per heavy atom. The number of anilines is 1. The summed E-state index contributed by atoms with van der Waals surface area (Å²) in [7, 11) is 0. The van der Waals surface area contributed by atoms with E-state index in [0.717, 1.165) is 18.2 Å². The standard InChI is InChI=1S/C24H17F2N5O2/c25-14-5-7-18(26)17(11-14)23-29-20-8-6-15(12-21(20)30-23)28-22(32)9-10-31-13-27-19-4-2-1-3-16(19)24(31)33/h1-8,11-13H,9-10H2,(H,28,32)(H,29,30). The summed E-state index contributed by atoms with van der Waals surface area (Å²) in [5.74, 6) is -1.26. The van der Waals surface area contributed by atoms with E-state index >= 15 is 0 Å². The van der Waals surface area contributed by atoms with Gasteiger partial charge in [0.25, 0.3) is 5.56 Å². The second kappa shape index (κ2) is 8.27. The molecule has 0 saturated heterocycles. The molecule has 2 aromatic heterocycles. The highest BCUT2D eigenvalue weighted by atomic mass is 19.1. The molecule has 0 spiro atoms. The zero-order chi connectivity index (χ0) is 22.9. The minimum absolute atomic E-state index is 0.0197. The largest absolute Gasteiger partial charge is 0.338 e. The number of aryl methyl sites for hydroxylation is 1. The van der Waals surface area contributed by atoms with Crippen LogP contribution < -0.4 is 10.9 Å². The highest BCUT2D eigenvalue weighted by molar-refractivity contribution is 5.93. The first-order valence-corrected chi connectivity index (χ1v) is 10.2. The molecule has 0 saturated carbocycles. The molecule has 2 heterocycles. The van der Waals surface area contributed by atoms with Crippen molar-refractivity contribution in [1.82, 2.24) is 19.5 Å². The zero-order valence-electron chi connectivity index (χ0n) is 17.2. The molecule has 33 heavy (non-hydrogen) atoms. The van der Waals surface area contributed by atoms with E-state index in [-0.39, 0.29) is 35.8 Å². The van der Waals surface area contributed by atoms with Gasteiger partial charge in [0.05, 0.1) is 33.8 Å². The summed E-state index contributed by atoms with van der Waals surface area (Å²) in [4.78, 5) is 36.5. The molecule has 0 atom stereocenters. The van der Waals surface area contributed by atoms with Gasteiger partial charge in [0.2, 0.25) is 5.91 Å². The first kappa shape index (κ1) is 20.5. The Hall–Kier alpha value is -4.40. The topological polar surface area (TPSA) is 92.7 Å². The maximum absolute atomic E-state index is 14.1. The molecule has 5 aromatic rings. The Labute approximate surface area is 185 Å². The average Bonchev–Trinajstić information content (AvgIpc) is 3.23. The maximum atomic E-state index is 14.1. The fourth-order valence-electron chi connectivity index (χ4n) is 3.60. The Bertz CT molecular complexity index is 1570. The number of imidazole rings is 1. The molecule has 0 aliphatic carbocycles. The molecule has 0 fully saturated rings. The third kappa shape index (κ3) is 4.08. The molecule has 0 aliphatic rings. The molecule has 1 amide bonds. The number of para-hydroxylation sites is 1. The second-order valence-corrected chi connectivity index (χ2v) is 7.50. The molecule has 2 N–H and O–H groups in total. The number of rotatable bonds is 5. The summed E-state index contributed by atoms with van der Waals surface area (Å²) < 4.78 is 29.0. The molecule has 5 rings (SSSR count). The number of hydrogen-bond donors (Lipinski definition) is 2. The summed E-state index contributed by atoms with van der Waals surface area (Å²) in [6.07, 6.45) is 1.50. The molecule has 164 valence electrons. The summed E-state index contributed by atoms with van der Waals surface area (Å²) in [5.41, 5.74) is 2.03. The molecule has 9 heteroatoms. The van der Waals surface area contributed by atoms with Gasteiger partial charge in [-0.25, -0.2) is 18.7 Å². The lowest BCUT2D eigenvalue weighted by Crippen LogP contribution is -2.23. The number of aromatic amines is 1. The van der Waals surface area contributed by atoms with Gasteiger partial charge in [-0.2, -0.15) is 0 Å². The van der Waals surface area contributed by atoms with Crippen molar-refractivity contribution in [3.63, 3.8) is 0 Å². The van der Waals surface area contributed by atoms with Crippen molar-refractivity contribution in [1.29, 1.82) is 0 Å². The van der Waals surface area contributed by atoms with Crippen LogP contribution in [0.4, 0.5) is 14.5 Å². The van der Waals surface area contributed by atoms with E-state index in [2.05, 4.69) is 20.3 Å². The third-order valence-electron chi connectivity index (χ3n) is 5.26. The van der Waals surface area contributed by atoms with Crippen molar-refractivity contribution in [3.05, 3.63) is 89.0 Å². The number of carbonyl (C=O) groups excluding carboxylic acids is 1. The van der Waals surface area contributed by atoms with Crippen molar-refractivity contribution < 1.29 is 13.6 Å². The van der Waals surface area contributed by atoms with Crippen LogP contribution in [-0.2, 0) is 11.3 Å². The van der Waals surface area contributed by atoms with E-state index in [0.29, 0.717) is 27.6 Å². The fourth-order valence-corrected chi connectivity index (χ4v) is 3.60. The lowest BCUT2D eigenvalue weighted by Gasteiger charge is -2.08. The van der Waals surface area contributed by atoms with Crippen LogP contribution in [0.1, 0.15) is 6.42 Å². The average molecular weight is 445 g/mol. The van der Waals surface area contributed by atoms with Gasteiger partial charge in [-0.05, 0) is 48.5 Å². The summed E-state index contributed by atoms with van der Waals surface area (Å²) in [5, 5.41) is 3.27. The summed E-state index contributed by atoms with van der Waals surface area (Å²) >= 11 is 0. The van der Waals surface area contributed by atoms with E-state index in [1.165, 1.54) is 10.9 Å². The quantitative estimate of drug-likeness (QED) is 0.423. The van der Waals surface area contributed by atoms with Crippen LogP contribution >= 0.6 is 0 Å². The number of nitrogens with one attached hydrogen (secondary N) is 2. The number of hydrogen-bond acceptors (Lipinski definition) is 4. The van der Waals surface area contributed by atoms with Crippen LogP contribution in [0.15, 0.2) is 71.8 Å². The minimum atomic E-state index is -0.595. The Morgan fingerprint density at radius 2 is 1.88 bits per heavy atom. The van der Waals surface area contributed by atoms with Gasteiger partial charge in [-0.1, -0.05) is 12.1 Å². The summed E-state index contributed by atoms with van der Waals surface area (Å²) in [6, 6.07) is 15.2. The molecular weight excluding hydrogens is 428 g/mol. The molecular formula is C24H17F2N5O2. The van der Waals surface area contributed by atoms with Crippen LogP contribution in [0.5, 0.6) is 0 Å². The van der Waals surface area contributed by atoms with Crippen LogP contribution in [0, 0.1) is 11.6 Å². The van der Waals surface area contributed by atoms with Crippen LogP contribution in [0.3, 0.4) is 0 Å². The number of amides is 1. The number of carbonyl (C=O) groups is 1. The normalized spacial score (nSPS) is 11.2. The van der Waals surface area contributed by atoms with Crippen LogP contribution in [0.25, 0.3) is 33.3 Å². The number of nitrogens with zero attached hydrogens (tertiary/aromatic N) is 3. The van der Waals surface area contributed by atoms with Crippen molar-refractivity contribution >= 4 is 33.5 Å². The molecule has 0 bridgehead atoms. The number of aromatic nitrogens is 4. The predicted octanol–water partition coefficient (Wildman–Crippen LogP) is 4.25. The molecule has 0 unspecified atom stereocenters. The van der Waals surface area contributed by atoms with Gasteiger partial charge in [0.1, 0.15) is 17.5 Å². The fraction of sp³-hybridized carbons (Fsp3) is 0.0833. The van der Waals surface area contributed by atoms with Gasteiger partial charge < -0.3 is 10.3 Å². The van der Waals surface area contributed by atoms with Crippen molar-refractivity contribution in [3.8, 4) is 11.4 Å². The van der Waals surface area contributed by atoms with E-state index < -0.39 is 11.6 Å². The number of benzene rings is 3. The molecule has 7 nitrogen and oxygen atoms in total. The Morgan fingerprint density at radius 1 is 1.03 bits per heavy atom. The minimum Gasteiger partial charge on any atom is -0.338 e. The lowest BCUT2D eigenvalue weighted by atomic mass is 10.2. The van der Waals surface area contributed by atoms with E-state index in [4.69, 9.17) is 0 Å². The van der Waals surface area contributed by atoms with Crippen molar-refractivity contribution in [2.24, 2.45) is 0 Å². The zero-order valence-corrected chi connectivity index (χ0v) is 17.2. The highest BCUT2D eigenvalue weighted by Gasteiger charge is 2.13. The van der Waals surface area contributed by atoms with E-state index in [9.17, 15) is 18.4 Å². The van der Waals surface area contributed by atoms with Gasteiger partial charge in [0, 0.05) is 18.7 Å². The first-order chi connectivity index (χ1) is 16.0. The first-order valence-electron chi connectivity index (χ1n) is 10.2. The predicted molar refractivity (Wildman–Crippen MR) is 121 cm³/mol. The Balaban J connectivity index is 1.31. The van der Waals surface area contributed by atoms with Crippen molar-refractivity contribution in [2.45, 2.75) is 13.0 Å². The molecule has 0 radical (unpaired) electrons. The molecule has 3 aromatic carbocycles. The number of H-pyrrole nitrogens is 1. The molecule has 0 aliphatic heterocycles. The third-order valence-corrected chi connectivity index (χ3v) is 5.26. The second-order valence-electron chi connectivity index (χ2n) is 7.50. The number of halogens is 2. The van der Waals surface area contributed by atoms with E-state index in [1.807, 2.05) is 0 Å². The van der Waals surface area contributed by atoms with Gasteiger partial charge >= 0.3 is 0 Å². The van der Waals surface area contributed by atoms with Gasteiger partial charge in [-0.15, -0.1) is 0 Å². The van der Waals surface area contributed by atoms with Crippen LogP contribution in [-0.4, -0.2) is 25.4 Å². The van der Waals surface area contributed by atoms with Crippen molar-refractivity contribution in [2.75, 3.05) is 5.32 Å². The van der Waals surface area contributed by atoms with Gasteiger partial charge in [0.15, 0.2) is 0 Å². The smallest absolute Gasteiger partial charge is 0.261 e.